The lowest BCUT2D eigenvalue weighted by molar-refractivity contribution is -0.150. The van der Waals surface area contributed by atoms with Crippen molar-refractivity contribution in [2.24, 2.45) is 0 Å². The lowest BCUT2D eigenvalue weighted by atomic mass is 10.0. The molecule has 0 aromatic heterocycles. The fourth-order valence-electron chi connectivity index (χ4n) is 2.44. The maximum atomic E-state index is 12.0. The average Bonchev–Trinajstić information content (AvgIpc) is 2.63. The Balaban J connectivity index is 1.76. The van der Waals surface area contributed by atoms with Crippen LogP contribution in [0.3, 0.4) is 0 Å². The van der Waals surface area contributed by atoms with Gasteiger partial charge in [-0.3, -0.25) is 4.79 Å². The van der Waals surface area contributed by atoms with Crippen molar-refractivity contribution in [1.29, 1.82) is 0 Å². The number of halogens is 1. The van der Waals surface area contributed by atoms with Crippen molar-refractivity contribution in [1.82, 2.24) is 5.32 Å². The van der Waals surface area contributed by atoms with E-state index in [1.54, 1.807) is 18.2 Å². The summed E-state index contributed by atoms with van der Waals surface area (Å²) in [7, 11) is 0. The number of ether oxygens (including phenoxy) is 2. The topological polar surface area (TPSA) is 64.6 Å². The molecule has 0 aliphatic carbocycles. The molecule has 144 valence electrons. The van der Waals surface area contributed by atoms with Crippen LogP contribution in [0.25, 0.3) is 0 Å². The van der Waals surface area contributed by atoms with Crippen molar-refractivity contribution in [3.63, 3.8) is 0 Å². The van der Waals surface area contributed by atoms with E-state index in [2.05, 4.69) is 5.32 Å². The van der Waals surface area contributed by atoms with E-state index in [9.17, 15) is 9.59 Å². The van der Waals surface area contributed by atoms with Gasteiger partial charge >= 0.3 is 5.97 Å². The van der Waals surface area contributed by atoms with Crippen molar-refractivity contribution < 1.29 is 19.1 Å². The fraction of sp³-hybridized carbons (Fsp3) is 0.333. The highest BCUT2D eigenvalue weighted by Crippen LogP contribution is 2.21. The van der Waals surface area contributed by atoms with Gasteiger partial charge in [0.1, 0.15) is 5.75 Å². The van der Waals surface area contributed by atoms with Crippen LogP contribution < -0.4 is 10.1 Å². The second kappa shape index (κ2) is 9.42. The fourth-order valence-corrected chi connectivity index (χ4v) is 2.55. The number of esters is 1. The van der Waals surface area contributed by atoms with Gasteiger partial charge in [-0.25, -0.2) is 4.79 Å². The third-order valence-corrected chi connectivity index (χ3v) is 4.68. The lowest BCUT2D eigenvalue weighted by Gasteiger charge is -2.16. The molecule has 5 nitrogen and oxygen atoms in total. The molecule has 6 heteroatoms. The van der Waals surface area contributed by atoms with Gasteiger partial charge in [-0.05, 0) is 68.1 Å². The summed E-state index contributed by atoms with van der Waals surface area (Å²) < 4.78 is 10.3. The summed E-state index contributed by atoms with van der Waals surface area (Å²) in [6.07, 6.45) is 0. The second-order valence-electron chi connectivity index (χ2n) is 6.49. The number of hydrogen-bond acceptors (Lipinski definition) is 4. The van der Waals surface area contributed by atoms with E-state index in [1.165, 1.54) is 5.56 Å². The minimum Gasteiger partial charge on any atom is -0.482 e. The molecule has 27 heavy (non-hydrogen) atoms. The van der Waals surface area contributed by atoms with Crippen molar-refractivity contribution in [3.05, 3.63) is 63.7 Å². The SMILES string of the molecule is Cc1ccc([C@@H](C)NC(=O)COC(=O)COc2ccc(Cl)c(C)c2)cc1C. The van der Waals surface area contributed by atoms with E-state index in [4.69, 9.17) is 21.1 Å². The van der Waals surface area contributed by atoms with Crippen LogP contribution in [0.5, 0.6) is 5.75 Å². The molecule has 2 aromatic rings. The minimum absolute atomic E-state index is 0.177. The molecule has 0 aliphatic rings. The van der Waals surface area contributed by atoms with Crippen molar-refractivity contribution in [3.8, 4) is 5.75 Å². The monoisotopic (exact) mass is 389 g/mol. The summed E-state index contributed by atoms with van der Waals surface area (Å²) in [4.78, 5) is 23.8. The van der Waals surface area contributed by atoms with Crippen molar-refractivity contribution in [2.75, 3.05) is 13.2 Å². The molecule has 1 N–H and O–H groups in total. The molecule has 2 aromatic carbocycles. The maximum Gasteiger partial charge on any atom is 0.344 e. The number of aryl methyl sites for hydroxylation is 3. The molecule has 0 spiro atoms. The Morgan fingerprint density at radius 3 is 2.41 bits per heavy atom. The molecular weight excluding hydrogens is 366 g/mol. The highest BCUT2D eigenvalue weighted by Gasteiger charge is 2.13. The van der Waals surface area contributed by atoms with Gasteiger partial charge in [-0.1, -0.05) is 29.8 Å². The first-order valence-corrected chi connectivity index (χ1v) is 9.05. The number of nitrogens with one attached hydrogen (secondary N) is 1. The van der Waals surface area contributed by atoms with Gasteiger partial charge in [0.05, 0.1) is 6.04 Å². The zero-order valence-corrected chi connectivity index (χ0v) is 16.7. The Morgan fingerprint density at radius 2 is 1.74 bits per heavy atom. The Kier molecular flexibility index (Phi) is 7.25. The highest BCUT2D eigenvalue weighted by atomic mass is 35.5. The van der Waals surface area contributed by atoms with E-state index in [0.29, 0.717) is 10.8 Å². The standard InChI is InChI=1S/C21H24ClNO4/c1-13-5-6-17(9-14(13)2)16(4)23-20(24)11-27-21(25)12-26-18-7-8-19(22)15(3)10-18/h5-10,16H,11-12H2,1-4H3,(H,23,24)/t16-/m1/s1. The molecule has 0 saturated heterocycles. The van der Waals surface area contributed by atoms with Crippen LogP contribution in [-0.4, -0.2) is 25.1 Å². The summed E-state index contributed by atoms with van der Waals surface area (Å²) in [5, 5.41) is 3.44. The van der Waals surface area contributed by atoms with E-state index in [0.717, 1.165) is 16.7 Å². The minimum atomic E-state index is -0.614. The van der Waals surface area contributed by atoms with Gasteiger partial charge < -0.3 is 14.8 Å². The van der Waals surface area contributed by atoms with Gasteiger partial charge in [0.2, 0.25) is 0 Å². The first-order valence-electron chi connectivity index (χ1n) is 8.67. The normalized spacial score (nSPS) is 11.6. The van der Waals surface area contributed by atoms with Crippen LogP contribution in [0.2, 0.25) is 5.02 Å². The average molecular weight is 390 g/mol. The largest absolute Gasteiger partial charge is 0.482 e. The predicted octanol–water partition coefficient (Wildman–Crippen LogP) is 4.06. The van der Waals surface area contributed by atoms with Crippen molar-refractivity contribution >= 4 is 23.5 Å². The zero-order chi connectivity index (χ0) is 20.0. The van der Waals surface area contributed by atoms with E-state index in [1.807, 2.05) is 45.9 Å². The van der Waals surface area contributed by atoms with Crippen LogP contribution in [0.1, 0.15) is 35.2 Å². The molecule has 0 saturated carbocycles. The molecule has 0 radical (unpaired) electrons. The maximum absolute atomic E-state index is 12.0. The molecule has 1 amide bonds. The molecule has 2 rings (SSSR count). The number of carbonyl (C=O) groups is 2. The van der Waals surface area contributed by atoms with Crippen LogP contribution in [0.15, 0.2) is 36.4 Å². The number of carbonyl (C=O) groups excluding carboxylic acids is 2. The van der Waals surface area contributed by atoms with Crippen LogP contribution >= 0.6 is 11.6 Å². The number of rotatable bonds is 7. The van der Waals surface area contributed by atoms with Gasteiger partial charge in [-0.2, -0.15) is 0 Å². The quantitative estimate of drug-likeness (QED) is 0.725. The molecule has 0 aliphatic heterocycles. The number of amides is 1. The molecule has 0 fully saturated rings. The van der Waals surface area contributed by atoms with E-state index in [-0.39, 0.29) is 25.2 Å². The Hall–Kier alpha value is -2.53. The van der Waals surface area contributed by atoms with Crippen molar-refractivity contribution in [2.45, 2.75) is 33.7 Å². The first kappa shape index (κ1) is 20.8. The number of benzene rings is 2. The molecule has 1 atom stereocenters. The Morgan fingerprint density at radius 1 is 1.00 bits per heavy atom. The van der Waals surface area contributed by atoms with Crippen LogP contribution in [-0.2, 0) is 14.3 Å². The van der Waals surface area contributed by atoms with E-state index >= 15 is 0 Å². The highest BCUT2D eigenvalue weighted by molar-refractivity contribution is 6.31. The third-order valence-electron chi connectivity index (χ3n) is 4.26. The molecule has 0 unspecified atom stereocenters. The Bertz CT molecular complexity index is 835. The third kappa shape index (κ3) is 6.29. The van der Waals surface area contributed by atoms with E-state index < -0.39 is 5.97 Å². The second-order valence-corrected chi connectivity index (χ2v) is 6.90. The van der Waals surface area contributed by atoms with Gasteiger partial charge in [0.15, 0.2) is 13.2 Å². The smallest absolute Gasteiger partial charge is 0.344 e. The van der Waals surface area contributed by atoms with Gasteiger partial charge in [0, 0.05) is 5.02 Å². The zero-order valence-electron chi connectivity index (χ0n) is 16.0. The van der Waals surface area contributed by atoms with Gasteiger partial charge in [0.25, 0.3) is 5.91 Å². The molecular formula is C21H24ClNO4. The summed E-state index contributed by atoms with van der Waals surface area (Å²) in [6.45, 7) is 7.16. The Labute approximate surface area is 164 Å². The summed E-state index contributed by atoms with van der Waals surface area (Å²) in [5.41, 5.74) is 4.21. The summed E-state index contributed by atoms with van der Waals surface area (Å²) in [5.74, 6) is -0.463. The lowest BCUT2D eigenvalue weighted by Crippen LogP contribution is -2.32. The van der Waals surface area contributed by atoms with Crippen LogP contribution in [0.4, 0.5) is 0 Å². The van der Waals surface area contributed by atoms with Crippen LogP contribution in [0, 0.1) is 20.8 Å². The summed E-state index contributed by atoms with van der Waals surface area (Å²) >= 11 is 5.94. The van der Waals surface area contributed by atoms with Gasteiger partial charge in [-0.15, -0.1) is 0 Å². The molecule has 0 bridgehead atoms. The predicted molar refractivity (Wildman–Crippen MR) is 105 cm³/mol. The first-order chi connectivity index (χ1) is 12.8. The molecule has 0 heterocycles. The number of hydrogen-bond donors (Lipinski definition) is 1. The summed E-state index contributed by atoms with van der Waals surface area (Å²) in [6, 6.07) is 10.9.